The van der Waals surface area contributed by atoms with E-state index >= 15 is 0 Å². The zero-order valence-electron chi connectivity index (χ0n) is 10.1. The van der Waals surface area contributed by atoms with Gasteiger partial charge in [-0.25, -0.2) is 9.67 Å². The summed E-state index contributed by atoms with van der Waals surface area (Å²) < 4.78 is 6.95. The van der Waals surface area contributed by atoms with E-state index in [4.69, 9.17) is 4.74 Å². The Kier molecular flexibility index (Phi) is 3.15. The van der Waals surface area contributed by atoms with Crippen LogP contribution in [0.3, 0.4) is 0 Å². The average Bonchev–Trinajstić information content (AvgIpc) is 2.79. The molecule has 1 aromatic heterocycles. The minimum absolute atomic E-state index is 0.103. The molecule has 2 rings (SSSR count). The molecule has 0 saturated carbocycles. The van der Waals surface area contributed by atoms with Gasteiger partial charge in [-0.1, -0.05) is 0 Å². The lowest BCUT2D eigenvalue weighted by Crippen LogP contribution is -2.43. The van der Waals surface area contributed by atoms with Crippen LogP contribution in [0.1, 0.15) is 38.6 Å². The second kappa shape index (κ2) is 4.44. The topological polar surface area (TPSA) is 77.2 Å². The third kappa shape index (κ3) is 1.93. The third-order valence-electron chi connectivity index (χ3n) is 3.25. The zero-order valence-corrected chi connectivity index (χ0v) is 10.1. The molecule has 1 N–H and O–H groups in total. The first kappa shape index (κ1) is 12.0. The Labute approximate surface area is 99.6 Å². The average molecular weight is 239 g/mol. The maximum absolute atomic E-state index is 11.6. The van der Waals surface area contributed by atoms with E-state index in [2.05, 4.69) is 10.1 Å². The van der Waals surface area contributed by atoms with E-state index < -0.39 is 11.4 Å². The minimum atomic E-state index is -0.945. The summed E-state index contributed by atoms with van der Waals surface area (Å²) in [7, 11) is 0. The van der Waals surface area contributed by atoms with Crippen molar-refractivity contribution in [2.45, 2.75) is 38.1 Å². The van der Waals surface area contributed by atoms with Crippen LogP contribution in [0.15, 0.2) is 6.33 Å². The predicted octanol–water partition coefficient (Wildman–Crippen LogP) is 0.992. The molecule has 94 valence electrons. The molecule has 0 bridgehead atoms. The number of rotatable bonds is 3. The van der Waals surface area contributed by atoms with Gasteiger partial charge in [0.2, 0.25) is 0 Å². The van der Waals surface area contributed by atoms with Gasteiger partial charge in [-0.05, 0) is 26.7 Å². The second-order valence-corrected chi connectivity index (χ2v) is 4.62. The Morgan fingerprint density at radius 1 is 1.53 bits per heavy atom. The number of aromatic nitrogens is 3. The number of nitrogens with zero attached hydrogens (tertiary/aromatic N) is 3. The number of hydrogen-bond donors (Lipinski definition) is 1. The van der Waals surface area contributed by atoms with Crippen LogP contribution in [-0.2, 0) is 14.9 Å². The molecule has 0 spiro atoms. The molecule has 0 atom stereocenters. The number of carbonyl (C=O) groups is 1. The smallest absolute Gasteiger partial charge is 0.317 e. The quantitative estimate of drug-likeness (QED) is 0.851. The fraction of sp³-hybridized carbons (Fsp3) is 0.727. The summed E-state index contributed by atoms with van der Waals surface area (Å²) >= 11 is 0. The van der Waals surface area contributed by atoms with Crippen molar-refractivity contribution in [2.24, 2.45) is 0 Å². The number of aliphatic carboxylic acids is 1. The van der Waals surface area contributed by atoms with Crippen molar-refractivity contribution in [1.29, 1.82) is 0 Å². The van der Waals surface area contributed by atoms with Gasteiger partial charge in [0.25, 0.3) is 0 Å². The summed E-state index contributed by atoms with van der Waals surface area (Å²) in [6.07, 6.45) is 2.33. The fourth-order valence-electron chi connectivity index (χ4n) is 2.22. The van der Waals surface area contributed by atoms with Gasteiger partial charge in [0.1, 0.15) is 17.6 Å². The van der Waals surface area contributed by atoms with E-state index in [1.54, 1.807) is 4.68 Å². The van der Waals surface area contributed by atoms with Crippen molar-refractivity contribution in [3.63, 3.8) is 0 Å². The molecule has 1 saturated heterocycles. The highest BCUT2D eigenvalue weighted by Crippen LogP contribution is 2.34. The molecule has 0 aromatic carbocycles. The van der Waals surface area contributed by atoms with Gasteiger partial charge < -0.3 is 9.84 Å². The Morgan fingerprint density at radius 2 is 2.18 bits per heavy atom. The molecular weight excluding hydrogens is 222 g/mol. The molecule has 0 radical (unpaired) electrons. The molecule has 0 amide bonds. The van der Waals surface area contributed by atoms with Crippen molar-refractivity contribution >= 4 is 5.97 Å². The molecular formula is C11H17N3O3. The lowest BCUT2D eigenvalue weighted by Gasteiger charge is -2.32. The van der Waals surface area contributed by atoms with E-state index in [-0.39, 0.29) is 6.04 Å². The maximum atomic E-state index is 11.6. The van der Waals surface area contributed by atoms with Gasteiger partial charge in [0.15, 0.2) is 0 Å². The van der Waals surface area contributed by atoms with E-state index in [0.717, 1.165) is 0 Å². The van der Waals surface area contributed by atoms with Crippen LogP contribution >= 0.6 is 0 Å². The summed E-state index contributed by atoms with van der Waals surface area (Å²) in [5.74, 6) is -0.293. The van der Waals surface area contributed by atoms with Gasteiger partial charge >= 0.3 is 5.97 Å². The number of hydrogen-bond acceptors (Lipinski definition) is 4. The van der Waals surface area contributed by atoms with Crippen LogP contribution < -0.4 is 0 Å². The van der Waals surface area contributed by atoms with E-state index in [1.807, 2.05) is 13.8 Å². The highest BCUT2D eigenvalue weighted by atomic mass is 16.5. The summed E-state index contributed by atoms with van der Waals surface area (Å²) in [4.78, 5) is 15.8. The first-order valence-corrected chi connectivity index (χ1v) is 5.79. The molecule has 6 nitrogen and oxygen atoms in total. The van der Waals surface area contributed by atoms with Crippen molar-refractivity contribution in [2.75, 3.05) is 13.2 Å². The van der Waals surface area contributed by atoms with Crippen LogP contribution in [0.2, 0.25) is 0 Å². The SMILES string of the molecule is CC(C)n1ncnc1C1(C(=O)O)CCOCC1. The molecule has 2 heterocycles. The molecule has 1 aliphatic rings. The Bertz CT molecular complexity index is 408. The molecule has 1 aliphatic heterocycles. The summed E-state index contributed by atoms with van der Waals surface area (Å²) in [6, 6.07) is 0.103. The zero-order chi connectivity index (χ0) is 12.5. The number of ether oxygens (including phenoxy) is 1. The first-order chi connectivity index (χ1) is 8.08. The van der Waals surface area contributed by atoms with Crippen LogP contribution in [0, 0.1) is 0 Å². The standard InChI is InChI=1S/C11H17N3O3/c1-8(2)14-9(12-7-13-14)11(10(15)16)3-5-17-6-4-11/h7-8H,3-6H2,1-2H3,(H,15,16). The fourth-order valence-corrected chi connectivity index (χ4v) is 2.22. The van der Waals surface area contributed by atoms with Gasteiger partial charge in [0.05, 0.1) is 0 Å². The van der Waals surface area contributed by atoms with Crippen molar-refractivity contribution in [3.05, 3.63) is 12.2 Å². The van der Waals surface area contributed by atoms with Gasteiger partial charge in [-0.3, -0.25) is 4.79 Å². The predicted molar refractivity (Wildman–Crippen MR) is 59.8 cm³/mol. The minimum Gasteiger partial charge on any atom is -0.480 e. The highest BCUT2D eigenvalue weighted by molar-refractivity contribution is 5.80. The number of carboxylic acids is 1. The molecule has 1 aromatic rings. The van der Waals surface area contributed by atoms with Crippen LogP contribution in [0.25, 0.3) is 0 Å². The first-order valence-electron chi connectivity index (χ1n) is 5.79. The van der Waals surface area contributed by atoms with Crippen molar-refractivity contribution in [3.8, 4) is 0 Å². The Hall–Kier alpha value is -1.43. The van der Waals surface area contributed by atoms with E-state index in [0.29, 0.717) is 31.9 Å². The largest absolute Gasteiger partial charge is 0.480 e. The summed E-state index contributed by atoms with van der Waals surface area (Å²) in [5.41, 5.74) is -0.945. The molecule has 1 fully saturated rings. The number of carboxylic acid groups (broad SMARTS) is 1. The van der Waals surface area contributed by atoms with Crippen molar-refractivity contribution < 1.29 is 14.6 Å². The monoisotopic (exact) mass is 239 g/mol. The summed E-state index contributed by atoms with van der Waals surface area (Å²) in [5, 5.41) is 13.6. The van der Waals surface area contributed by atoms with Crippen LogP contribution in [0.5, 0.6) is 0 Å². The van der Waals surface area contributed by atoms with Crippen LogP contribution in [-0.4, -0.2) is 39.1 Å². The van der Waals surface area contributed by atoms with E-state index in [1.165, 1.54) is 6.33 Å². The lowest BCUT2D eigenvalue weighted by molar-refractivity contribution is -0.148. The highest BCUT2D eigenvalue weighted by Gasteiger charge is 2.46. The van der Waals surface area contributed by atoms with Gasteiger partial charge in [-0.15, -0.1) is 0 Å². The molecule has 0 unspecified atom stereocenters. The maximum Gasteiger partial charge on any atom is 0.317 e. The third-order valence-corrected chi connectivity index (χ3v) is 3.25. The second-order valence-electron chi connectivity index (χ2n) is 4.62. The lowest BCUT2D eigenvalue weighted by atomic mass is 9.79. The Balaban J connectivity index is 2.45. The molecule has 17 heavy (non-hydrogen) atoms. The summed E-state index contributed by atoms with van der Waals surface area (Å²) in [6.45, 7) is 4.84. The molecule has 0 aliphatic carbocycles. The van der Waals surface area contributed by atoms with Gasteiger partial charge in [-0.2, -0.15) is 5.10 Å². The normalized spacial score (nSPS) is 19.5. The Morgan fingerprint density at radius 3 is 2.71 bits per heavy atom. The molecule has 6 heteroatoms. The van der Waals surface area contributed by atoms with Gasteiger partial charge in [0, 0.05) is 19.3 Å². The van der Waals surface area contributed by atoms with Crippen LogP contribution in [0.4, 0.5) is 0 Å². The van der Waals surface area contributed by atoms with Crippen molar-refractivity contribution in [1.82, 2.24) is 14.8 Å². The van der Waals surface area contributed by atoms with E-state index in [9.17, 15) is 9.90 Å².